The van der Waals surface area contributed by atoms with Gasteiger partial charge < -0.3 is 15.2 Å². The first-order valence-corrected chi connectivity index (χ1v) is 7.32. The highest BCUT2D eigenvalue weighted by Crippen LogP contribution is 2.18. The highest BCUT2D eigenvalue weighted by Gasteiger charge is 2.23. The van der Waals surface area contributed by atoms with Crippen molar-refractivity contribution in [2.45, 2.75) is 19.4 Å². The molecule has 1 amide bonds. The number of carbonyl (C=O) groups is 3. The molecule has 0 saturated carbocycles. The van der Waals surface area contributed by atoms with E-state index in [0.29, 0.717) is 0 Å². The SMILES string of the molecule is CC(=O)Oc1ccccc1C(=O)N[C@@H](Cc1ccccc1)C(=O)O. The molecule has 0 fully saturated rings. The minimum Gasteiger partial charge on any atom is -0.480 e. The summed E-state index contributed by atoms with van der Waals surface area (Å²) in [5.41, 5.74) is 0.894. The molecule has 0 unspecified atom stereocenters. The van der Waals surface area contributed by atoms with E-state index in [2.05, 4.69) is 5.32 Å². The summed E-state index contributed by atoms with van der Waals surface area (Å²) in [6.07, 6.45) is 0.150. The highest BCUT2D eigenvalue weighted by atomic mass is 16.5. The van der Waals surface area contributed by atoms with Crippen molar-refractivity contribution in [2.24, 2.45) is 0 Å². The standard InChI is InChI=1S/C18H17NO5/c1-12(20)24-16-10-6-5-9-14(16)17(21)19-15(18(22)23)11-13-7-3-2-4-8-13/h2-10,15H,11H2,1H3,(H,19,21)(H,22,23)/t15-/m0/s1. The third-order valence-electron chi connectivity index (χ3n) is 3.27. The number of ether oxygens (including phenoxy) is 1. The zero-order chi connectivity index (χ0) is 17.5. The molecule has 0 spiro atoms. The summed E-state index contributed by atoms with van der Waals surface area (Å²) in [5, 5.41) is 11.8. The third-order valence-corrected chi connectivity index (χ3v) is 3.27. The van der Waals surface area contributed by atoms with E-state index in [-0.39, 0.29) is 17.7 Å². The van der Waals surface area contributed by atoms with Crippen LogP contribution in [-0.2, 0) is 16.0 Å². The van der Waals surface area contributed by atoms with Crippen LogP contribution in [0.4, 0.5) is 0 Å². The van der Waals surface area contributed by atoms with Crippen LogP contribution >= 0.6 is 0 Å². The molecule has 0 saturated heterocycles. The minimum absolute atomic E-state index is 0.0892. The summed E-state index contributed by atoms with van der Waals surface area (Å²) in [6, 6.07) is 14.1. The van der Waals surface area contributed by atoms with Gasteiger partial charge in [0.1, 0.15) is 11.8 Å². The Bertz CT molecular complexity index is 742. The number of rotatable bonds is 6. The van der Waals surface area contributed by atoms with Crippen LogP contribution in [0.15, 0.2) is 54.6 Å². The monoisotopic (exact) mass is 327 g/mol. The van der Waals surface area contributed by atoms with Crippen LogP contribution in [0.5, 0.6) is 5.75 Å². The van der Waals surface area contributed by atoms with Crippen molar-refractivity contribution in [3.05, 3.63) is 65.7 Å². The number of amides is 1. The Morgan fingerprint density at radius 3 is 2.29 bits per heavy atom. The molecule has 0 aromatic heterocycles. The van der Waals surface area contributed by atoms with Gasteiger partial charge >= 0.3 is 11.9 Å². The molecule has 6 heteroatoms. The zero-order valence-electron chi connectivity index (χ0n) is 13.1. The first kappa shape index (κ1) is 17.2. The van der Waals surface area contributed by atoms with Crippen molar-refractivity contribution in [3.63, 3.8) is 0 Å². The van der Waals surface area contributed by atoms with Gasteiger partial charge in [0, 0.05) is 13.3 Å². The zero-order valence-corrected chi connectivity index (χ0v) is 13.1. The summed E-state index contributed by atoms with van der Waals surface area (Å²) in [7, 11) is 0. The maximum atomic E-state index is 12.4. The average Bonchev–Trinajstić information content (AvgIpc) is 2.55. The molecule has 124 valence electrons. The van der Waals surface area contributed by atoms with E-state index in [1.165, 1.54) is 19.1 Å². The fourth-order valence-electron chi connectivity index (χ4n) is 2.18. The van der Waals surface area contributed by atoms with Crippen LogP contribution < -0.4 is 10.1 Å². The molecule has 0 aliphatic carbocycles. The molecule has 1 atom stereocenters. The van der Waals surface area contributed by atoms with Crippen LogP contribution in [0.2, 0.25) is 0 Å². The number of carboxylic acid groups (broad SMARTS) is 1. The number of benzene rings is 2. The number of esters is 1. The predicted molar refractivity (Wildman–Crippen MR) is 86.8 cm³/mol. The van der Waals surface area contributed by atoms with Gasteiger partial charge in [0.2, 0.25) is 0 Å². The molecular weight excluding hydrogens is 310 g/mol. The van der Waals surface area contributed by atoms with Crippen molar-refractivity contribution in [2.75, 3.05) is 0 Å². The van der Waals surface area contributed by atoms with E-state index in [1.54, 1.807) is 36.4 Å². The van der Waals surface area contributed by atoms with E-state index in [9.17, 15) is 19.5 Å². The predicted octanol–water partition coefficient (Wildman–Crippen LogP) is 2.04. The van der Waals surface area contributed by atoms with Crippen LogP contribution in [0, 0.1) is 0 Å². The van der Waals surface area contributed by atoms with Gasteiger partial charge in [-0.05, 0) is 17.7 Å². The van der Waals surface area contributed by atoms with Crippen LogP contribution in [0.1, 0.15) is 22.8 Å². The maximum Gasteiger partial charge on any atom is 0.326 e. The van der Waals surface area contributed by atoms with Crippen molar-refractivity contribution in [1.29, 1.82) is 0 Å². The average molecular weight is 327 g/mol. The van der Waals surface area contributed by atoms with Gasteiger partial charge in [-0.3, -0.25) is 9.59 Å². The second kappa shape index (κ2) is 7.92. The highest BCUT2D eigenvalue weighted by molar-refractivity contribution is 5.99. The molecule has 2 aromatic carbocycles. The molecule has 6 nitrogen and oxygen atoms in total. The van der Waals surface area contributed by atoms with E-state index in [1.807, 2.05) is 6.07 Å². The second-order valence-electron chi connectivity index (χ2n) is 5.14. The summed E-state index contributed by atoms with van der Waals surface area (Å²) in [6.45, 7) is 1.23. The lowest BCUT2D eigenvalue weighted by molar-refractivity contribution is -0.139. The Morgan fingerprint density at radius 1 is 1.04 bits per heavy atom. The van der Waals surface area contributed by atoms with Crippen LogP contribution in [-0.4, -0.2) is 29.0 Å². The number of carboxylic acids is 1. The van der Waals surface area contributed by atoms with Crippen LogP contribution in [0.3, 0.4) is 0 Å². The largest absolute Gasteiger partial charge is 0.480 e. The van der Waals surface area contributed by atoms with E-state index >= 15 is 0 Å². The fraction of sp³-hybridized carbons (Fsp3) is 0.167. The van der Waals surface area contributed by atoms with Crippen LogP contribution in [0.25, 0.3) is 0 Å². The van der Waals surface area contributed by atoms with Crippen molar-refractivity contribution in [3.8, 4) is 5.75 Å². The topological polar surface area (TPSA) is 92.7 Å². The molecule has 2 rings (SSSR count). The molecule has 0 bridgehead atoms. The molecule has 2 aromatic rings. The third kappa shape index (κ3) is 4.67. The smallest absolute Gasteiger partial charge is 0.326 e. The maximum absolute atomic E-state index is 12.4. The Balaban J connectivity index is 2.17. The number of hydrogen-bond donors (Lipinski definition) is 2. The fourth-order valence-corrected chi connectivity index (χ4v) is 2.18. The van der Waals surface area contributed by atoms with Crippen molar-refractivity contribution in [1.82, 2.24) is 5.32 Å². The molecule has 0 radical (unpaired) electrons. The summed E-state index contributed by atoms with van der Waals surface area (Å²) >= 11 is 0. The first-order valence-electron chi connectivity index (χ1n) is 7.32. The Labute approximate surface area is 139 Å². The summed E-state index contributed by atoms with van der Waals surface area (Å²) < 4.78 is 4.98. The number of nitrogens with one attached hydrogen (secondary N) is 1. The van der Waals surface area contributed by atoms with E-state index in [4.69, 9.17) is 4.74 Å². The first-order chi connectivity index (χ1) is 11.5. The van der Waals surface area contributed by atoms with Gasteiger partial charge in [0.05, 0.1) is 5.56 Å². The van der Waals surface area contributed by atoms with Crippen molar-refractivity contribution < 1.29 is 24.2 Å². The minimum atomic E-state index is -1.14. The van der Waals surface area contributed by atoms with Gasteiger partial charge in [-0.2, -0.15) is 0 Å². The lowest BCUT2D eigenvalue weighted by atomic mass is 10.1. The molecule has 24 heavy (non-hydrogen) atoms. The van der Waals surface area contributed by atoms with Gasteiger partial charge in [-0.1, -0.05) is 42.5 Å². The second-order valence-corrected chi connectivity index (χ2v) is 5.14. The quantitative estimate of drug-likeness (QED) is 0.625. The number of para-hydroxylation sites is 1. The van der Waals surface area contributed by atoms with Gasteiger partial charge in [0.25, 0.3) is 5.91 Å². The molecule has 0 aliphatic heterocycles. The molecular formula is C18H17NO5. The van der Waals surface area contributed by atoms with Gasteiger partial charge in [-0.25, -0.2) is 4.79 Å². The number of hydrogen-bond acceptors (Lipinski definition) is 4. The Morgan fingerprint density at radius 2 is 1.67 bits per heavy atom. The molecule has 2 N–H and O–H groups in total. The molecule has 0 heterocycles. The number of aliphatic carboxylic acids is 1. The molecule has 0 aliphatic rings. The summed E-state index contributed by atoms with van der Waals surface area (Å²) in [5.74, 6) is -2.23. The van der Waals surface area contributed by atoms with E-state index in [0.717, 1.165) is 5.56 Å². The van der Waals surface area contributed by atoms with Crippen molar-refractivity contribution >= 4 is 17.8 Å². The van der Waals surface area contributed by atoms with E-state index < -0.39 is 23.9 Å². The Hall–Kier alpha value is -3.15. The van der Waals surface area contributed by atoms with Gasteiger partial charge in [0.15, 0.2) is 0 Å². The van der Waals surface area contributed by atoms with Gasteiger partial charge in [-0.15, -0.1) is 0 Å². The lowest BCUT2D eigenvalue weighted by Crippen LogP contribution is -2.42. The Kier molecular flexibility index (Phi) is 5.68. The number of carbonyl (C=O) groups excluding carboxylic acids is 2. The lowest BCUT2D eigenvalue weighted by Gasteiger charge is -2.16. The normalized spacial score (nSPS) is 11.4. The summed E-state index contributed by atoms with van der Waals surface area (Å²) in [4.78, 5) is 34.9.